The Morgan fingerprint density at radius 3 is 2.70 bits per heavy atom. The first-order chi connectivity index (χ1) is 16.1. The molecule has 5 rings (SSSR count). The summed E-state index contributed by atoms with van der Waals surface area (Å²) in [5, 5.41) is 8.30. The van der Waals surface area contributed by atoms with E-state index in [-0.39, 0.29) is 5.91 Å². The number of rotatable bonds is 6. The first kappa shape index (κ1) is 21.0. The maximum absolute atomic E-state index is 12.5. The number of fused-ring (bicyclic) bond motifs is 2. The van der Waals surface area contributed by atoms with Crippen molar-refractivity contribution in [3.05, 3.63) is 94.9 Å². The number of benzene rings is 3. The molecule has 0 unspecified atom stereocenters. The maximum Gasteiger partial charge on any atom is 0.244 e. The summed E-state index contributed by atoms with van der Waals surface area (Å²) in [7, 11) is 1.63. The summed E-state index contributed by atoms with van der Waals surface area (Å²) in [6.45, 7) is 2.44. The predicted molar refractivity (Wildman–Crippen MR) is 136 cm³/mol. The molecule has 0 saturated carbocycles. The van der Waals surface area contributed by atoms with Crippen LogP contribution in [0, 0.1) is 0 Å². The van der Waals surface area contributed by atoms with Crippen LogP contribution in [0.4, 0.5) is 0 Å². The number of carbonyl (C=O) groups excluding carboxylic acids is 1. The average Bonchev–Trinajstić information content (AvgIpc) is 3.51. The SMILES string of the molecule is COc1cc2occ(-c3ccc4ccccc4c3)c2cc1/C(C)=C/C(=O)NCc1cccs1. The lowest BCUT2D eigenvalue weighted by Crippen LogP contribution is -2.20. The molecular weight excluding hydrogens is 430 g/mol. The van der Waals surface area contributed by atoms with Gasteiger partial charge in [0.1, 0.15) is 11.3 Å². The molecule has 2 heterocycles. The van der Waals surface area contributed by atoms with Crippen LogP contribution in [0.2, 0.25) is 0 Å². The fourth-order valence-electron chi connectivity index (χ4n) is 4.03. The van der Waals surface area contributed by atoms with E-state index < -0.39 is 0 Å². The van der Waals surface area contributed by atoms with Crippen LogP contribution >= 0.6 is 11.3 Å². The second-order valence-corrected chi connectivity index (χ2v) is 8.92. The normalized spacial score (nSPS) is 11.8. The number of hydrogen-bond acceptors (Lipinski definition) is 4. The molecule has 0 bridgehead atoms. The van der Waals surface area contributed by atoms with Crippen molar-refractivity contribution in [1.29, 1.82) is 0 Å². The molecule has 0 atom stereocenters. The van der Waals surface area contributed by atoms with Crippen molar-refractivity contribution in [3.63, 3.8) is 0 Å². The molecule has 0 aliphatic carbocycles. The number of nitrogens with one attached hydrogen (secondary N) is 1. The number of hydrogen-bond donors (Lipinski definition) is 1. The topological polar surface area (TPSA) is 51.5 Å². The minimum absolute atomic E-state index is 0.134. The highest BCUT2D eigenvalue weighted by Crippen LogP contribution is 2.38. The largest absolute Gasteiger partial charge is 0.496 e. The first-order valence-electron chi connectivity index (χ1n) is 10.7. The van der Waals surface area contributed by atoms with Crippen molar-refractivity contribution in [2.45, 2.75) is 13.5 Å². The predicted octanol–water partition coefficient (Wildman–Crippen LogP) is 7.04. The van der Waals surface area contributed by atoms with Crippen LogP contribution in [0.15, 0.2) is 88.9 Å². The van der Waals surface area contributed by atoms with Gasteiger partial charge in [-0.15, -0.1) is 11.3 Å². The quantitative estimate of drug-likeness (QED) is 0.281. The van der Waals surface area contributed by atoms with Crippen LogP contribution in [0.3, 0.4) is 0 Å². The monoisotopic (exact) mass is 453 g/mol. The molecule has 0 aliphatic heterocycles. The molecule has 0 aliphatic rings. The molecular formula is C28H23NO3S. The van der Waals surface area contributed by atoms with Gasteiger partial charge >= 0.3 is 0 Å². The van der Waals surface area contributed by atoms with Crippen molar-refractivity contribution in [2.24, 2.45) is 0 Å². The van der Waals surface area contributed by atoms with Crippen LogP contribution in [-0.2, 0) is 11.3 Å². The van der Waals surface area contributed by atoms with Gasteiger partial charge in [0.05, 0.1) is 19.9 Å². The molecule has 2 aromatic heterocycles. The molecule has 4 nitrogen and oxygen atoms in total. The maximum atomic E-state index is 12.5. The molecule has 33 heavy (non-hydrogen) atoms. The third kappa shape index (κ3) is 4.28. The molecule has 1 N–H and O–H groups in total. The van der Waals surface area contributed by atoms with E-state index in [9.17, 15) is 4.79 Å². The second-order valence-electron chi connectivity index (χ2n) is 7.88. The number of furan rings is 1. The number of thiophene rings is 1. The molecule has 0 spiro atoms. The highest BCUT2D eigenvalue weighted by atomic mass is 32.1. The molecule has 0 radical (unpaired) electrons. The Hall–Kier alpha value is -3.83. The summed E-state index contributed by atoms with van der Waals surface area (Å²) in [4.78, 5) is 13.6. The van der Waals surface area contributed by atoms with Crippen LogP contribution < -0.4 is 10.1 Å². The Morgan fingerprint density at radius 1 is 1.06 bits per heavy atom. The Kier molecular flexibility index (Phi) is 5.71. The molecule has 5 aromatic rings. The Bertz CT molecular complexity index is 1480. The Labute approximate surface area is 196 Å². The zero-order valence-corrected chi connectivity index (χ0v) is 19.2. The van der Waals surface area contributed by atoms with Crippen molar-refractivity contribution >= 4 is 44.6 Å². The van der Waals surface area contributed by atoms with E-state index in [1.165, 1.54) is 10.8 Å². The number of ether oxygens (including phenoxy) is 1. The van der Waals surface area contributed by atoms with Crippen LogP contribution in [-0.4, -0.2) is 13.0 Å². The molecule has 164 valence electrons. The van der Waals surface area contributed by atoms with E-state index in [1.807, 2.05) is 48.7 Å². The van der Waals surface area contributed by atoms with E-state index in [2.05, 4.69) is 35.6 Å². The van der Waals surface area contributed by atoms with Crippen molar-refractivity contribution in [1.82, 2.24) is 5.32 Å². The molecule has 0 fully saturated rings. The second kappa shape index (κ2) is 8.96. The van der Waals surface area contributed by atoms with Gasteiger partial charge in [0.2, 0.25) is 5.91 Å². The summed E-state index contributed by atoms with van der Waals surface area (Å²) >= 11 is 1.62. The summed E-state index contributed by atoms with van der Waals surface area (Å²) in [5.41, 5.74) is 4.52. The molecule has 3 aromatic carbocycles. The smallest absolute Gasteiger partial charge is 0.244 e. The minimum Gasteiger partial charge on any atom is -0.496 e. The minimum atomic E-state index is -0.134. The van der Waals surface area contributed by atoms with Gasteiger partial charge in [-0.3, -0.25) is 4.79 Å². The van der Waals surface area contributed by atoms with E-state index in [0.717, 1.165) is 38.1 Å². The van der Waals surface area contributed by atoms with E-state index in [0.29, 0.717) is 12.3 Å². The highest BCUT2D eigenvalue weighted by Gasteiger charge is 2.15. The van der Waals surface area contributed by atoms with Gasteiger partial charge in [-0.05, 0) is 52.4 Å². The number of methoxy groups -OCH3 is 1. The average molecular weight is 454 g/mol. The van der Waals surface area contributed by atoms with Gasteiger partial charge < -0.3 is 14.5 Å². The van der Waals surface area contributed by atoms with E-state index in [1.54, 1.807) is 30.8 Å². The van der Waals surface area contributed by atoms with Crippen molar-refractivity contribution in [3.8, 4) is 16.9 Å². The Morgan fingerprint density at radius 2 is 1.91 bits per heavy atom. The van der Waals surface area contributed by atoms with Gasteiger partial charge in [-0.1, -0.05) is 42.5 Å². The lowest BCUT2D eigenvalue weighted by Gasteiger charge is -2.10. The van der Waals surface area contributed by atoms with Crippen LogP contribution in [0.25, 0.3) is 38.4 Å². The Balaban J connectivity index is 1.51. The zero-order valence-electron chi connectivity index (χ0n) is 18.4. The third-order valence-electron chi connectivity index (χ3n) is 5.75. The fourth-order valence-corrected chi connectivity index (χ4v) is 4.67. The lowest BCUT2D eigenvalue weighted by molar-refractivity contribution is -0.116. The number of allylic oxidation sites excluding steroid dienone is 1. The lowest BCUT2D eigenvalue weighted by atomic mass is 9.97. The summed E-state index contributed by atoms with van der Waals surface area (Å²) in [5.74, 6) is 0.534. The van der Waals surface area contributed by atoms with Gasteiger partial charge in [0.15, 0.2) is 0 Å². The van der Waals surface area contributed by atoms with Crippen molar-refractivity contribution in [2.75, 3.05) is 7.11 Å². The third-order valence-corrected chi connectivity index (χ3v) is 6.62. The first-order valence-corrected chi connectivity index (χ1v) is 11.6. The number of amides is 1. The van der Waals surface area contributed by atoms with Gasteiger partial charge in [0, 0.05) is 33.5 Å². The number of carbonyl (C=O) groups is 1. The van der Waals surface area contributed by atoms with Gasteiger partial charge in [0.25, 0.3) is 0 Å². The van der Waals surface area contributed by atoms with Crippen molar-refractivity contribution < 1.29 is 13.9 Å². The van der Waals surface area contributed by atoms with Gasteiger partial charge in [-0.25, -0.2) is 0 Å². The zero-order chi connectivity index (χ0) is 22.8. The summed E-state index contributed by atoms with van der Waals surface area (Å²) in [6, 6.07) is 22.6. The standard InChI is InChI=1S/C28H23NO3S/c1-18(12-28(30)29-16-22-8-5-11-33-22)23-14-24-25(17-32-27(24)15-26(23)31-2)21-10-9-19-6-3-4-7-20(19)13-21/h3-15,17H,16H2,1-2H3,(H,29,30)/b18-12+. The van der Waals surface area contributed by atoms with E-state index in [4.69, 9.17) is 9.15 Å². The molecule has 1 amide bonds. The summed E-state index contributed by atoms with van der Waals surface area (Å²) < 4.78 is 11.5. The molecule has 0 saturated heterocycles. The van der Waals surface area contributed by atoms with Crippen LogP contribution in [0.5, 0.6) is 5.75 Å². The summed E-state index contributed by atoms with van der Waals surface area (Å²) in [6.07, 6.45) is 3.40. The van der Waals surface area contributed by atoms with E-state index >= 15 is 0 Å². The van der Waals surface area contributed by atoms with Crippen LogP contribution in [0.1, 0.15) is 17.4 Å². The fraction of sp³-hybridized carbons (Fsp3) is 0.107. The van der Waals surface area contributed by atoms with Gasteiger partial charge in [-0.2, -0.15) is 0 Å². The highest BCUT2D eigenvalue weighted by molar-refractivity contribution is 7.09. The molecule has 5 heteroatoms.